The fraction of sp³-hybridized carbons (Fsp3) is 0.444. The quantitative estimate of drug-likeness (QED) is 0.682. The number of hydrogen-bond donors (Lipinski definition) is 2. The van der Waals surface area contributed by atoms with E-state index in [1.807, 2.05) is 36.4 Å². The Hall–Kier alpha value is -2.19. The van der Waals surface area contributed by atoms with Gasteiger partial charge in [0, 0.05) is 37.9 Å². The first kappa shape index (κ1) is 18.6. The SMILES string of the molecule is COCCCNc1cc(-c2ccccc2)nc(NC2CCS(=O)(=O)C2)n1. The van der Waals surface area contributed by atoms with Gasteiger partial charge in [-0.15, -0.1) is 0 Å². The van der Waals surface area contributed by atoms with E-state index in [1.54, 1.807) is 7.11 Å². The maximum atomic E-state index is 11.7. The third-order valence-corrected chi connectivity index (χ3v) is 5.96. The van der Waals surface area contributed by atoms with Crippen molar-refractivity contribution in [1.29, 1.82) is 0 Å². The third kappa shape index (κ3) is 5.15. The van der Waals surface area contributed by atoms with Crippen molar-refractivity contribution in [2.45, 2.75) is 18.9 Å². The third-order valence-electron chi connectivity index (χ3n) is 4.19. The predicted octanol–water partition coefficient (Wildman–Crippen LogP) is 2.19. The summed E-state index contributed by atoms with van der Waals surface area (Å²) >= 11 is 0. The minimum atomic E-state index is -2.96. The molecule has 1 unspecified atom stereocenters. The molecule has 0 spiro atoms. The topological polar surface area (TPSA) is 93.2 Å². The van der Waals surface area contributed by atoms with Crippen molar-refractivity contribution in [1.82, 2.24) is 9.97 Å². The summed E-state index contributed by atoms with van der Waals surface area (Å²) in [6, 6.07) is 11.6. The zero-order valence-electron chi connectivity index (χ0n) is 14.8. The molecule has 1 aromatic heterocycles. The largest absolute Gasteiger partial charge is 0.385 e. The highest BCUT2D eigenvalue weighted by Crippen LogP contribution is 2.23. The minimum Gasteiger partial charge on any atom is -0.385 e. The van der Waals surface area contributed by atoms with E-state index in [0.29, 0.717) is 24.8 Å². The van der Waals surface area contributed by atoms with Crippen LogP contribution in [0.2, 0.25) is 0 Å². The molecule has 1 saturated heterocycles. The monoisotopic (exact) mass is 376 g/mol. The normalized spacial score (nSPS) is 18.6. The van der Waals surface area contributed by atoms with Gasteiger partial charge in [-0.05, 0) is 12.8 Å². The van der Waals surface area contributed by atoms with Crippen molar-refractivity contribution in [2.75, 3.05) is 42.4 Å². The van der Waals surface area contributed by atoms with Crippen molar-refractivity contribution in [3.8, 4) is 11.3 Å². The summed E-state index contributed by atoms with van der Waals surface area (Å²) in [5, 5.41) is 6.46. The molecule has 26 heavy (non-hydrogen) atoms. The molecule has 2 heterocycles. The molecule has 2 N–H and O–H groups in total. The van der Waals surface area contributed by atoms with Crippen molar-refractivity contribution in [2.24, 2.45) is 0 Å². The lowest BCUT2D eigenvalue weighted by atomic mass is 10.1. The number of aromatic nitrogens is 2. The van der Waals surface area contributed by atoms with E-state index in [-0.39, 0.29) is 17.5 Å². The van der Waals surface area contributed by atoms with Crippen molar-refractivity contribution in [3.05, 3.63) is 36.4 Å². The Morgan fingerprint density at radius 1 is 1.23 bits per heavy atom. The van der Waals surface area contributed by atoms with Gasteiger partial charge in [0.05, 0.1) is 17.2 Å². The summed E-state index contributed by atoms with van der Waals surface area (Å²) < 4.78 is 28.4. The lowest BCUT2D eigenvalue weighted by Crippen LogP contribution is -2.22. The van der Waals surface area contributed by atoms with Crippen LogP contribution in [0.5, 0.6) is 0 Å². The first-order chi connectivity index (χ1) is 12.6. The number of hydrogen-bond acceptors (Lipinski definition) is 7. The molecule has 2 aromatic rings. The molecule has 0 radical (unpaired) electrons. The highest BCUT2D eigenvalue weighted by Gasteiger charge is 2.28. The fourth-order valence-electron chi connectivity index (χ4n) is 2.88. The summed E-state index contributed by atoms with van der Waals surface area (Å²) in [4.78, 5) is 9.08. The smallest absolute Gasteiger partial charge is 0.225 e. The molecule has 3 rings (SSSR count). The van der Waals surface area contributed by atoms with Gasteiger partial charge in [-0.25, -0.2) is 13.4 Å². The van der Waals surface area contributed by atoms with Crippen LogP contribution in [0, 0.1) is 0 Å². The van der Waals surface area contributed by atoms with Crippen LogP contribution in [0.3, 0.4) is 0 Å². The van der Waals surface area contributed by atoms with Gasteiger partial charge in [-0.1, -0.05) is 30.3 Å². The van der Waals surface area contributed by atoms with Gasteiger partial charge in [0.15, 0.2) is 9.84 Å². The molecule has 0 aliphatic carbocycles. The Morgan fingerprint density at radius 3 is 2.73 bits per heavy atom. The number of ether oxygens (including phenoxy) is 1. The molecule has 1 aliphatic rings. The Morgan fingerprint density at radius 2 is 2.04 bits per heavy atom. The van der Waals surface area contributed by atoms with Crippen molar-refractivity contribution >= 4 is 21.6 Å². The summed E-state index contributed by atoms with van der Waals surface area (Å²) in [6.45, 7) is 1.41. The van der Waals surface area contributed by atoms with E-state index < -0.39 is 9.84 Å². The maximum absolute atomic E-state index is 11.7. The Labute approximate surface area is 154 Å². The van der Waals surface area contributed by atoms with Gasteiger partial charge >= 0.3 is 0 Å². The van der Waals surface area contributed by atoms with E-state index in [1.165, 1.54) is 0 Å². The number of nitrogens with one attached hydrogen (secondary N) is 2. The van der Waals surface area contributed by atoms with E-state index >= 15 is 0 Å². The fourth-order valence-corrected chi connectivity index (χ4v) is 4.56. The molecule has 140 valence electrons. The van der Waals surface area contributed by atoms with Gasteiger partial charge in [0.1, 0.15) is 5.82 Å². The lowest BCUT2D eigenvalue weighted by Gasteiger charge is -2.14. The van der Waals surface area contributed by atoms with Crippen molar-refractivity contribution < 1.29 is 13.2 Å². The zero-order chi connectivity index (χ0) is 18.4. The standard InChI is InChI=1S/C18H24N4O3S/c1-25-10-5-9-19-17-12-16(14-6-3-2-4-7-14)21-18(22-17)20-15-8-11-26(23,24)13-15/h2-4,6-7,12,15H,5,8-11,13H2,1H3,(H2,19,20,21,22). The molecule has 8 heteroatoms. The average molecular weight is 376 g/mol. The van der Waals surface area contributed by atoms with E-state index in [4.69, 9.17) is 4.74 Å². The molecule has 1 aliphatic heterocycles. The first-order valence-electron chi connectivity index (χ1n) is 8.70. The number of rotatable bonds is 8. The molecule has 0 bridgehead atoms. The number of nitrogens with zero attached hydrogens (tertiary/aromatic N) is 2. The number of sulfone groups is 1. The molecular formula is C18H24N4O3S. The molecular weight excluding hydrogens is 352 g/mol. The summed E-state index contributed by atoms with van der Waals surface area (Å²) in [6.07, 6.45) is 1.45. The van der Waals surface area contributed by atoms with Crippen LogP contribution in [-0.2, 0) is 14.6 Å². The number of anilines is 2. The van der Waals surface area contributed by atoms with Gasteiger partial charge < -0.3 is 15.4 Å². The van der Waals surface area contributed by atoms with Crippen LogP contribution < -0.4 is 10.6 Å². The molecule has 1 atom stereocenters. The van der Waals surface area contributed by atoms with Gasteiger partial charge in [-0.3, -0.25) is 0 Å². The van der Waals surface area contributed by atoms with Crippen LogP contribution in [0.1, 0.15) is 12.8 Å². The zero-order valence-corrected chi connectivity index (χ0v) is 15.6. The molecule has 1 aromatic carbocycles. The molecule has 0 saturated carbocycles. The first-order valence-corrected chi connectivity index (χ1v) is 10.5. The van der Waals surface area contributed by atoms with E-state index in [0.717, 1.165) is 24.2 Å². The summed E-state index contributed by atoms with van der Waals surface area (Å²) in [5.74, 6) is 1.49. The maximum Gasteiger partial charge on any atom is 0.225 e. The Kier molecular flexibility index (Phi) is 6.05. The second kappa shape index (κ2) is 8.46. The molecule has 1 fully saturated rings. The summed E-state index contributed by atoms with van der Waals surface area (Å²) in [5.41, 5.74) is 1.77. The molecule has 7 nitrogen and oxygen atoms in total. The molecule has 0 amide bonds. The van der Waals surface area contributed by atoms with Crippen molar-refractivity contribution in [3.63, 3.8) is 0 Å². The summed E-state index contributed by atoms with van der Waals surface area (Å²) in [7, 11) is -1.28. The second-order valence-electron chi connectivity index (χ2n) is 6.35. The van der Waals surface area contributed by atoms with E-state index in [9.17, 15) is 8.42 Å². The minimum absolute atomic E-state index is 0.128. The van der Waals surface area contributed by atoms with E-state index in [2.05, 4.69) is 20.6 Å². The highest BCUT2D eigenvalue weighted by atomic mass is 32.2. The van der Waals surface area contributed by atoms with Crippen LogP contribution in [0.25, 0.3) is 11.3 Å². The van der Waals surface area contributed by atoms with Crippen LogP contribution in [0.4, 0.5) is 11.8 Å². The second-order valence-corrected chi connectivity index (χ2v) is 8.57. The average Bonchev–Trinajstić information content (AvgIpc) is 2.98. The lowest BCUT2D eigenvalue weighted by molar-refractivity contribution is 0.198. The highest BCUT2D eigenvalue weighted by molar-refractivity contribution is 7.91. The van der Waals surface area contributed by atoms with Crippen LogP contribution in [-0.4, -0.2) is 56.2 Å². The van der Waals surface area contributed by atoms with Crippen LogP contribution >= 0.6 is 0 Å². The number of benzene rings is 1. The van der Waals surface area contributed by atoms with Gasteiger partial charge in [0.25, 0.3) is 0 Å². The predicted molar refractivity (Wildman–Crippen MR) is 103 cm³/mol. The van der Waals surface area contributed by atoms with Gasteiger partial charge in [-0.2, -0.15) is 4.98 Å². The van der Waals surface area contributed by atoms with Gasteiger partial charge in [0.2, 0.25) is 5.95 Å². The Balaban J connectivity index is 1.80. The van der Waals surface area contributed by atoms with Crippen LogP contribution in [0.15, 0.2) is 36.4 Å². The number of methoxy groups -OCH3 is 1. The Bertz CT molecular complexity index is 828.